The monoisotopic (exact) mass is 206 g/mol. The highest BCUT2D eigenvalue weighted by Crippen LogP contribution is 2.27. The van der Waals surface area contributed by atoms with Gasteiger partial charge < -0.3 is 0 Å². The Morgan fingerprint density at radius 2 is 1.93 bits per heavy atom. The third kappa shape index (κ3) is 2.11. The van der Waals surface area contributed by atoms with Crippen molar-refractivity contribution in [2.45, 2.75) is 18.8 Å². The molecule has 1 rings (SSSR count). The number of hydrogen-bond donors (Lipinski definition) is 0. The Morgan fingerprint density at radius 3 is 2.40 bits per heavy atom. The third-order valence-corrected chi connectivity index (χ3v) is 2.24. The lowest BCUT2D eigenvalue weighted by Crippen LogP contribution is -2.19. The van der Waals surface area contributed by atoms with Crippen LogP contribution < -0.4 is 0 Å². The maximum Gasteiger partial charge on any atom is 0.159 e. The molecule has 1 aromatic carbocycles. The van der Waals surface area contributed by atoms with Crippen molar-refractivity contribution in [1.29, 1.82) is 10.5 Å². The van der Waals surface area contributed by atoms with Crippen LogP contribution in [0, 0.1) is 34.3 Å². The molecule has 0 N–H and O–H groups in total. The molecule has 0 aliphatic rings. The van der Waals surface area contributed by atoms with Crippen molar-refractivity contribution in [3.05, 3.63) is 35.4 Å². The molecule has 0 saturated heterocycles. The zero-order valence-electron chi connectivity index (χ0n) is 8.09. The highest BCUT2D eigenvalue weighted by Gasteiger charge is 2.27. The van der Waals surface area contributed by atoms with E-state index in [4.69, 9.17) is 10.5 Å². The summed E-state index contributed by atoms with van der Waals surface area (Å²) < 4.78 is 25.6. The lowest BCUT2D eigenvalue weighted by atomic mass is 9.81. The molecule has 0 aliphatic heterocycles. The van der Waals surface area contributed by atoms with Gasteiger partial charge in [-0.1, -0.05) is 6.07 Å². The average molecular weight is 206 g/mol. The number of halogens is 2. The first kappa shape index (κ1) is 11.1. The predicted molar refractivity (Wildman–Crippen MR) is 49.6 cm³/mol. The Hall–Kier alpha value is -1.94. The molecule has 1 unspecified atom stereocenters. The standard InChI is InChI=1S/C11H8F2N2/c1-11(7-15,4-5-14)8-2-3-9(12)10(13)6-8/h2-3,6H,4H2,1H3. The van der Waals surface area contributed by atoms with Crippen molar-refractivity contribution in [2.75, 3.05) is 0 Å². The second-order valence-corrected chi connectivity index (χ2v) is 3.41. The molecular weight excluding hydrogens is 198 g/mol. The van der Waals surface area contributed by atoms with Crippen molar-refractivity contribution >= 4 is 0 Å². The van der Waals surface area contributed by atoms with Crippen molar-refractivity contribution in [2.24, 2.45) is 0 Å². The van der Waals surface area contributed by atoms with Crippen LogP contribution in [0.1, 0.15) is 18.9 Å². The fraction of sp³-hybridized carbons (Fsp3) is 0.273. The minimum atomic E-state index is -1.09. The fourth-order valence-corrected chi connectivity index (χ4v) is 1.20. The molecule has 76 valence electrons. The van der Waals surface area contributed by atoms with Crippen LogP contribution in [0.2, 0.25) is 0 Å². The van der Waals surface area contributed by atoms with Crippen molar-refractivity contribution < 1.29 is 8.78 Å². The number of benzene rings is 1. The van der Waals surface area contributed by atoms with E-state index in [-0.39, 0.29) is 6.42 Å². The Kier molecular flexibility index (Phi) is 3.01. The SMILES string of the molecule is CC(C#N)(CC#N)c1ccc(F)c(F)c1. The number of rotatable bonds is 2. The fourth-order valence-electron chi connectivity index (χ4n) is 1.20. The molecule has 0 fully saturated rings. The van der Waals surface area contributed by atoms with Crippen molar-refractivity contribution in [3.8, 4) is 12.1 Å². The van der Waals surface area contributed by atoms with E-state index in [1.807, 2.05) is 12.1 Å². The van der Waals surface area contributed by atoms with Crippen LogP contribution in [0.4, 0.5) is 8.78 Å². The molecule has 0 amide bonds. The van der Waals surface area contributed by atoms with Crippen LogP contribution in [-0.2, 0) is 5.41 Å². The van der Waals surface area contributed by atoms with Crippen LogP contribution >= 0.6 is 0 Å². The van der Waals surface area contributed by atoms with Gasteiger partial charge in [-0.3, -0.25) is 0 Å². The Balaban J connectivity index is 3.21. The molecule has 1 atom stereocenters. The first-order valence-corrected chi connectivity index (χ1v) is 4.27. The molecule has 0 spiro atoms. The van der Waals surface area contributed by atoms with Crippen LogP contribution in [0.25, 0.3) is 0 Å². The zero-order chi connectivity index (χ0) is 11.5. The topological polar surface area (TPSA) is 47.6 Å². The summed E-state index contributed by atoms with van der Waals surface area (Å²) in [7, 11) is 0. The quantitative estimate of drug-likeness (QED) is 0.746. The van der Waals surface area contributed by atoms with Gasteiger partial charge in [0.1, 0.15) is 0 Å². The van der Waals surface area contributed by atoms with Gasteiger partial charge >= 0.3 is 0 Å². The van der Waals surface area contributed by atoms with Gasteiger partial charge in [0, 0.05) is 0 Å². The van der Waals surface area contributed by atoms with Gasteiger partial charge in [-0.25, -0.2) is 8.78 Å². The van der Waals surface area contributed by atoms with Gasteiger partial charge in [0.25, 0.3) is 0 Å². The van der Waals surface area contributed by atoms with E-state index >= 15 is 0 Å². The molecule has 0 heterocycles. The molecule has 4 heteroatoms. The smallest absolute Gasteiger partial charge is 0.159 e. The zero-order valence-corrected chi connectivity index (χ0v) is 8.09. The van der Waals surface area contributed by atoms with Gasteiger partial charge in [0.05, 0.1) is 24.0 Å². The molecular formula is C11H8F2N2. The Labute approximate surface area is 86.4 Å². The molecule has 2 nitrogen and oxygen atoms in total. The molecule has 0 aliphatic carbocycles. The van der Waals surface area contributed by atoms with Gasteiger partial charge in [-0.2, -0.15) is 10.5 Å². The summed E-state index contributed by atoms with van der Waals surface area (Å²) in [4.78, 5) is 0. The molecule has 0 bridgehead atoms. The lowest BCUT2D eigenvalue weighted by Gasteiger charge is -2.18. The minimum absolute atomic E-state index is 0.0609. The number of nitrogens with zero attached hydrogens (tertiary/aromatic N) is 2. The molecule has 1 aromatic rings. The van der Waals surface area contributed by atoms with Crippen molar-refractivity contribution in [3.63, 3.8) is 0 Å². The second kappa shape index (κ2) is 4.06. The van der Waals surface area contributed by atoms with E-state index in [9.17, 15) is 8.78 Å². The Morgan fingerprint density at radius 1 is 1.27 bits per heavy atom. The summed E-state index contributed by atoms with van der Waals surface area (Å²) >= 11 is 0. The van der Waals surface area contributed by atoms with E-state index in [0.29, 0.717) is 5.56 Å². The van der Waals surface area contributed by atoms with E-state index in [0.717, 1.165) is 12.1 Å². The number of hydrogen-bond acceptors (Lipinski definition) is 2. The van der Waals surface area contributed by atoms with E-state index in [2.05, 4.69) is 0 Å². The largest absolute Gasteiger partial charge is 0.204 e. The average Bonchev–Trinajstić information content (AvgIpc) is 2.22. The summed E-state index contributed by atoms with van der Waals surface area (Å²) in [5.74, 6) is -1.97. The van der Waals surface area contributed by atoms with Gasteiger partial charge in [-0.05, 0) is 24.6 Å². The van der Waals surface area contributed by atoms with E-state index in [1.54, 1.807) is 0 Å². The first-order valence-electron chi connectivity index (χ1n) is 4.27. The van der Waals surface area contributed by atoms with Crippen molar-refractivity contribution in [1.82, 2.24) is 0 Å². The summed E-state index contributed by atoms with van der Waals surface area (Å²) in [5.41, 5.74) is -0.783. The second-order valence-electron chi connectivity index (χ2n) is 3.41. The molecule has 15 heavy (non-hydrogen) atoms. The van der Waals surface area contributed by atoms with Crippen LogP contribution in [0.15, 0.2) is 18.2 Å². The molecule has 0 radical (unpaired) electrons. The summed E-state index contributed by atoms with van der Waals surface area (Å²) in [6.45, 7) is 1.52. The Bertz CT molecular complexity index is 457. The van der Waals surface area contributed by atoms with Gasteiger partial charge in [0.15, 0.2) is 11.6 Å². The summed E-state index contributed by atoms with van der Waals surface area (Å²) in [6, 6.07) is 7.01. The lowest BCUT2D eigenvalue weighted by molar-refractivity contribution is 0.502. The summed E-state index contributed by atoms with van der Waals surface area (Å²) in [6.07, 6.45) is -0.0609. The van der Waals surface area contributed by atoms with E-state index in [1.165, 1.54) is 13.0 Å². The normalized spacial score (nSPS) is 13.7. The maximum absolute atomic E-state index is 12.9. The minimum Gasteiger partial charge on any atom is -0.204 e. The molecule has 0 saturated carbocycles. The predicted octanol–water partition coefficient (Wildman–Crippen LogP) is 2.66. The maximum atomic E-state index is 12.9. The van der Waals surface area contributed by atoms with Crippen LogP contribution in [0.5, 0.6) is 0 Å². The number of nitriles is 2. The van der Waals surface area contributed by atoms with Crippen LogP contribution in [0.3, 0.4) is 0 Å². The third-order valence-electron chi connectivity index (χ3n) is 2.24. The first-order chi connectivity index (χ1) is 7.03. The van der Waals surface area contributed by atoms with Crippen LogP contribution in [-0.4, -0.2) is 0 Å². The van der Waals surface area contributed by atoms with Gasteiger partial charge in [-0.15, -0.1) is 0 Å². The highest BCUT2D eigenvalue weighted by atomic mass is 19.2. The van der Waals surface area contributed by atoms with Gasteiger partial charge in [0.2, 0.25) is 0 Å². The highest BCUT2D eigenvalue weighted by molar-refractivity contribution is 5.33. The summed E-state index contributed by atoms with van der Waals surface area (Å²) in [5, 5.41) is 17.5. The molecule has 0 aromatic heterocycles. The van der Waals surface area contributed by atoms with E-state index < -0.39 is 17.0 Å².